The fourth-order valence-corrected chi connectivity index (χ4v) is 5.29. The molecule has 2 aromatic carbocycles. The van der Waals surface area contributed by atoms with Crippen LogP contribution in [0, 0.1) is 0 Å². The van der Waals surface area contributed by atoms with Crippen molar-refractivity contribution in [3.8, 4) is 11.3 Å². The molecule has 7 nitrogen and oxygen atoms in total. The number of allylic oxidation sites excluding steroid dienone is 2. The maximum atomic E-state index is 13.0. The quantitative estimate of drug-likeness (QED) is 0.314. The summed E-state index contributed by atoms with van der Waals surface area (Å²) >= 11 is 7.79. The molecule has 37 heavy (non-hydrogen) atoms. The molecular weight excluding hydrogens is 510 g/mol. The number of esters is 2. The van der Waals surface area contributed by atoms with Gasteiger partial charge in [-0.1, -0.05) is 41.9 Å². The highest BCUT2D eigenvalue weighted by atomic mass is 35.5. The summed E-state index contributed by atoms with van der Waals surface area (Å²) in [5, 5.41) is 9.76. The summed E-state index contributed by atoms with van der Waals surface area (Å²) in [4.78, 5) is 30.8. The zero-order valence-corrected chi connectivity index (χ0v) is 22.6. The van der Waals surface area contributed by atoms with E-state index in [0.717, 1.165) is 22.5 Å². The van der Waals surface area contributed by atoms with E-state index in [1.54, 1.807) is 27.7 Å². The third kappa shape index (κ3) is 5.70. The van der Waals surface area contributed by atoms with Gasteiger partial charge in [-0.05, 0) is 51.5 Å². The Bertz CT molecular complexity index is 1360. The van der Waals surface area contributed by atoms with Crippen LogP contribution in [0.2, 0.25) is 5.02 Å². The second-order valence-corrected chi connectivity index (χ2v) is 9.61. The number of ether oxygens (including phenoxy) is 2. The van der Waals surface area contributed by atoms with E-state index in [-0.39, 0.29) is 13.2 Å². The van der Waals surface area contributed by atoms with Gasteiger partial charge in [0.2, 0.25) is 0 Å². The Morgan fingerprint density at radius 2 is 1.65 bits per heavy atom. The molecule has 1 aliphatic rings. The van der Waals surface area contributed by atoms with Crippen molar-refractivity contribution in [3.05, 3.63) is 87.0 Å². The summed E-state index contributed by atoms with van der Waals surface area (Å²) < 4.78 is 10.7. The Balaban J connectivity index is 1.71. The number of rotatable bonds is 8. The predicted octanol–water partition coefficient (Wildman–Crippen LogP) is 6.57. The number of carbonyl (C=O) groups is 2. The van der Waals surface area contributed by atoms with Gasteiger partial charge in [-0.25, -0.2) is 14.6 Å². The van der Waals surface area contributed by atoms with Crippen LogP contribution in [0.15, 0.2) is 76.5 Å². The van der Waals surface area contributed by atoms with E-state index in [1.807, 2.05) is 53.9 Å². The molecule has 2 N–H and O–H groups in total. The summed E-state index contributed by atoms with van der Waals surface area (Å²) in [6, 6.07) is 15.1. The van der Waals surface area contributed by atoms with Gasteiger partial charge < -0.3 is 20.1 Å². The van der Waals surface area contributed by atoms with Crippen molar-refractivity contribution in [3.63, 3.8) is 0 Å². The number of benzene rings is 2. The van der Waals surface area contributed by atoms with Gasteiger partial charge in [-0.3, -0.25) is 0 Å². The standard InChI is InChI=1S/C28H28ClN3O4S/c1-5-35-26(33)23-16(3)30-17(4)24(27(34)36-6-2)25(23)18-10-9-11-19(14-18)31-28-32-22(15-37-28)20-12-7-8-13-21(20)29/h7-15,25,30H,5-6H2,1-4H3,(H,31,32). The zero-order chi connectivity index (χ0) is 26.5. The molecule has 1 aliphatic heterocycles. The first kappa shape index (κ1) is 26.4. The number of hydrogen-bond acceptors (Lipinski definition) is 8. The van der Waals surface area contributed by atoms with E-state index in [2.05, 4.69) is 15.6 Å². The van der Waals surface area contributed by atoms with Gasteiger partial charge in [0.05, 0.1) is 36.0 Å². The number of aromatic nitrogens is 1. The highest BCUT2D eigenvalue weighted by molar-refractivity contribution is 7.14. The van der Waals surface area contributed by atoms with Gasteiger partial charge in [0.25, 0.3) is 0 Å². The molecule has 0 saturated carbocycles. The Kier molecular flexibility index (Phi) is 8.31. The summed E-state index contributed by atoms with van der Waals surface area (Å²) in [6.07, 6.45) is 0. The topological polar surface area (TPSA) is 89.5 Å². The SMILES string of the molecule is CCOC(=O)C1=C(C)NC(C)=C(C(=O)OCC)C1c1cccc(Nc2nc(-c3ccccc3Cl)cs2)c1. The van der Waals surface area contributed by atoms with Crippen LogP contribution < -0.4 is 10.6 Å². The lowest BCUT2D eigenvalue weighted by atomic mass is 9.80. The van der Waals surface area contributed by atoms with Crippen molar-refractivity contribution >= 4 is 45.7 Å². The molecule has 0 amide bonds. The minimum atomic E-state index is -0.656. The second-order valence-electron chi connectivity index (χ2n) is 8.34. The molecular formula is C28H28ClN3O4S. The summed E-state index contributed by atoms with van der Waals surface area (Å²) in [7, 11) is 0. The predicted molar refractivity (Wildman–Crippen MR) is 147 cm³/mol. The summed E-state index contributed by atoms with van der Waals surface area (Å²) in [5.41, 5.74) is 5.17. The number of halogens is 1. The third-order valence-corrected chi connectivity index (χ3v) is 6.96. The Morgan fingerprint density at radius 1 is 1.00 bits per heavy atom. The average molecular weight is 538 g/mol. The summed E-state index contributed by atoms with van der Waals surface area (Å²) in [6.45, 7) is 7.55. The monoisotopic (exact) mass is 537 g/mol. The first-order chi connectivity index (χ1) is 17.8. The first-order valence-electron chi connectivity index (χ1n) is 11.9. The van der Waals surface area contributed by atoms with Crippen molar-refractivity contribution < 1.29 is 19.1 Å². The van der Waals surface area contributed by atoms with Crippen LogP contribution in [0.4, 0.5) is 10.8 Å². The molecule has 0 radical (unpaired) electrons. The van der Waals surface area contributed by atoms with Crippen LogP contribution in [0.3, 0.4) is 0 Å². The van der Waals surface area contributed by atoms with Gasteiger partial charge in [0.15, 0.2) is 5.13 Å². The number of carbonyl (C=O) groups excluding carboxylic acids is 2. The largest absolute Gasteiger partial charge is 0.463 e. The number of hydrogen-bond donors (Lipinski definition) is 2. The number of anilines is 2. The minimum Gasteiger partial charge on any atom is -0.463 e. The second kappa shape index (κ2) is 11.6. The molecule has 0 unspecified atom stereocenters. The van der Waals surface area contributed by atoms with Crippen LogP contribution in [0.25, 0.3) is 11.3 Å². The van der Waals surface area contributed by atoms with Crippen molar-refractivity contribution in [1.82, 2.24) is 10.3 Å². The molecule has 0 bridgehead atoms. The Hall–Kier alpha value is -3.62. The summed E-state index contributed by atoms with van der Waals surface area (Å²) in [5.74, 6) is -1.61. The molecule has 0 aliphatic carbocycles. The van der Waals surface area contributed by atoms with E-state index < -0.39 is 17.9 Å². The van der Waals surface area contributed by atoms with E-state index in [1.165, 1.54) is 11.3 Å². The molecule has 0 saturated heterocycles. The molecule has 192 valence electrons. The van der Waals surface area contributed by atoms with E-state index >= 15 is 0 Å². The maximum Gasteiger partial charge on any atom is 0.336 e. The lowest BCUT2D eigenvalue weighted by molar-refractivity contribution is -0.139. The maximum absolute atomic E-state index is 13.0. The molecule has 9 heteroatoms. The lowest BCUT2D eigenvalue weighted by Crippen LogP contribution is -2.32. The Labute approximate surface area is 225 Å². The van der Waals surface area contributed by atoms with Gasteiger partial charge in [-0.15, -0.1) is 11.3 Å². The van der Waals surface area contributed by atoms with Gasteiger partial charge >= 0.3 is 11.9 Å². The van der Waals surface area contributed by atoms with E-state index in [4.69, 9.17) is 21.1 Å². The number of thiazole rings is 1. The van der Waals surface area contributed by atoms with Crippen molar-refractivity contribution in [2.45, 2.75) is 33.6 Å². The normalized spacial score (nSPS) is 13.9. The first-order valence-corrected chi connectivity index (χ1v) is 13.2. The van der Waals surface area contributed by atoms with Crippen LogP contribution in [0.1, 0.15) is 39.2 Å². The van der Waals surface area contributed by atoms with Crippen LogP contribution in [-0.4, -0.2) is 30.1 Å². The fraction of sp³-hybridized carbons (Fsp3) is 0.250. The molecule has 3 aromatic rings. The highest BCUT2D eigenvalue weighted by Crippen LogP contribution is 2.40. The van der Waals surface area contributed by atoms with Crippen molar-refractivity contribution in [2.24, 2.45) is 0 Å². The van der Waals surface area contributed by atoms with Gasteiger partial charge in [-0.2, -0.15) is 0 Å². The Morgan fingerprint density at radius 3 is 2.27 bits per heavy atom. The molecule has 0 spiro atoms. The number of nitrogens with one attached hydrogen (secondary N) is 2. The average Bonchev–Trinajstić information content (AvgIpc) is 3.32. The van der Waals surface area contributed by atoms with Gasteiger partial charge in [0, 0.05) is 33.0 Å². The lowest BCUT2D eigenvalue weighted by Gasteiger charge is -2.30. The molecule has 2 heterocycles. The van der Waals surface area contributed by atoms with Crippen LogP contribution in [-0.2, 0) is 19.1 Å². The molecule has 4 rings (SSSR count). The molecule has 0 atom stereocenters. The van der Waals surface area contributed by atoms with E-state index in [9.17, 15) is 9.59 Å². The van der Waals surface area contributed by atoms with Crippen molar-refractivity contribution in [1.29, 1.82) is 0 Å². The van der Waals surface area contributed by atoms with Crippen LogP contribution >= 0.6 is 22.9 Å². The fourth-order valence-electron chi connectivity index (χ4n) is 4.33. The zero-order valence-electron chi connectivity index (χ0n) is 21.1. The van der Waals surface area contributed by atoms with Crippen molar-refractivity contribution in [2.75, 3.05) is 18.5 Å². The third-order valence-electron chi connectivity index (χ3n) is 5.88. The van der Waals surface area contributed by atoms with E-state index in [0.29, 0.717) is 32.7 Å². The molecule has 0 fully saturated rings. The number of dihydropyridines is 1. The number of nitrogens with zero attached hydrogens (tertiary/aromatic N) is 1. The smallest absolute Gasteiger partial charge is 0.336 e. The molecule has 1 aromatic heterocycles. The van der Waals surface area contributed by atoms with Gasteiger partial charge in [0.1, 0.15) is 0 Å². The minimum absolute atomic E-state index is 0.221. The highest BCUT2D eigenvalue weighted by Gasteiger charge is 2.38. The van der Waals surface area contributed by atoms with Crippen LogP contribution in [0.5, 0.6) is 0 Å².